The molecule has 0 spiro atoms. The zero-order valence-electron chi connectivity index (χ0n) is 13.0. The van der Waals surface area contributed by atoms with E-state index in [0.29, 0.717) is 23.8 Å². The molecule has 0 saturated heterocycles. The van der Waals surface area contributed by atoms with Crippen molar-refractivity contribution in [3.8, 4) is 5.75 Å². The molecule has 22 heavy (non-hydrogen) atoms. The minimum absolute atomic E-state index is 0.0172. The molecule has 1 atom stereocenters. The first-order chi connectivity index (χ1) is 10.4. The number of carbonyl (C=O) groups excluding carboxylic acids is 2. The summed E-state index contributed by atoms with van der Waals surface area (Å²) in [6.07, 6.45) is 1.86. The fourth-order valence-electron chi connectivity index (χ4n) is 1.70. The number of ether oxygens (including phenoxy) is 1. The summed E-state index contributed by atoms with van der Waals surface area (Å²) >= 11 is 1.46. The third-order valence-electron chi connectivity index (χ3n) is 2.71. The van der Waals surface area contributed by atoms with E-state index in [-0.39, 0.29) is 6.54 Å². The summed E-state index contributed by atoms with van der Waals surface area (Å²) in [5, 5.41) is 14.8. The molecule has 0 saturated carbocycles. The summed E-state index contributed by atoms with van der Waals surface area (Å²) in [4.78, 5) is 23.5. The second-order valence-corrected chi connectivity index (χ2v) is 5.89. The van der Waals surface area contributed by atoms with Gasteiger partial charge in [-0.3, -0.25) is 9.59 Å². The van der Waals surface area contributed by atoms with Crippen molar-refractivity contribution in [1.29, 1.82) is 0 Å². The van der Waals surface area contributed by atoms with Crippen LogP contribution in [-0.2, 0) is 9.59 Å². The predicted molar refractivity (Wildman–Crippen MR) is 88.3 cm³/mol. The van der Waals surface area contributed by atoms with Crippen LogP contribution in [0.2, 0.25) is 0 Å². The van der Waals surface area contributed by atoms with Crippen molar-refractivity contribution in [2.75, 3.05) is 30.5 Å². The number of nitrogens with one attached hydrogen (secondary N) is 2. The van der Waals surface area contributed by atoms with Crippen molar-refractivity contribution in [3.05, 3.63) is 24.3 Å². The molecule has 0 heterocycles. The molecule has 1 unspecified atom stereocenters. The molecule has 0 aliphatic rings. The Morgan fingerprint density at radius 1 is 1.27 bits per heavy atom. The molecule has 0 aromatic heterocycles. The fraction of sp³-hybridized carbons (Fsp3) is 0.467. The van der Waals surface area contributed by atoms with Gasteiger partial charge in [0.25, 0.3) is 0 Å². The smallest absolute Gasteiger partial charge is 0.313 e. The second-order valence-electron chi connectivity index (χ2n) is 5.02. The van der Waals surface area contributed by atoms with Crippen molar-refractivity contribution in [3.63, 3.8) is 0 Å². The van der Waals surface area contributed by atoms with Gasteiger partial charge < -0.3 is 20.5 Å². The Morgan fingerprint density at radius 3 is 2.45 bits per heavy atom. The monoisotopic (exact) mass is 326 g/mol. The number of amides is 2. The van der Waals surface area contributed by atoms with E-state index in [1.54, 1.807) is 31.2 Å². The molecule has 0 fully saturated rings. The molecule has 0 bridgehead atoms. The lowest BCUT2D eigenvalue weighted by molar-refractivity contribution is -0.136. The maximum absolute atomic E-state index is 11.8. The van der Waals surface area contributed by atoms with Gasteiger partial charge in [-0.2, -0.15) is 11.8 Å². The van der Waals surface area contributed by atoms with Crippen LogP contribution in [-0.4, -0.2) is 47.7 Å². The van der Waals surface area contributed by atoms with Gasteiger partial charge in [-0.05, 0) is 44.4 Å². The summed E-state index contributed by atoms with van der Waals surface area (Å²) in [5.74, 6) is -0.397. The molecule has 6 nitrogen and oxygen atoms in total. The predicted octanol–water partition coefficient (Wildman–Crippen LogP) is 1.25. The van der Waals surface area contributed by atoms with E-state index in [1.807, 2.05) is 13.2 Å². The van der Waals surface area contributed by atoms with E-state index < -0.39 is 17.4 Å². The Balaban J connectivity index is 2.48. The lowest BCUT2D eigenvalue weighted by Gasteiger charge is -2.22. The van der Waals surface area contributed by atoms with Gasteiger partial charge in [0.05, 0.1) is 12.2 Å². The lowest BCUT2D eigenvalue weighted by atomic mass is 10.1. The Bertz CT molecular complexity index is 503. The van der Waals surface area contributed by atoms with Crippen LogP contribution in [0.5, 0.6) is 5.75 Å². The zero-order chi connectivity index (χ0) is 16.6. The molecule has 1 rings (SSSR count). The molecule has 0 aliphatic carbocycles. The molecule has 1 aromatic carbocycles. The SMILES string of the molecule is CCOc1ccc(NC(=O)C(=O)NCC(C)(O)CSC)cc1. The number of benzene rings is 1. The van der Waals surface area contributed by atoms with Crippen molar-refractivity contribution in [2.45, 2.75) is 19.4 Å². The lowest BCUT2D eigenvalue weighted by Crippen LogP contribution is -2.45. The molecular formula is C15H22N2O4S. The molecule has 7 heteroatoms. The maximum atomic E-state index is 11.8. The first kappa shape index (κ1) is 18.3. The minimum Gasteiger partial charge on any atom is -0.494 e. The van der Waals surface area contributed by atoms with Gasteiger partial charge in [0.1, 0.15) is 5.75 Å². The number of aliphatic hydroxyl groups is 1. The number of hydrogen-bond acceptors (Lipinski definition) is 5. The number of carbonyl (C=O) groups is 2. The number of rotatable bonds is 7. The van der Waals surface area contributed by atoms with Gasteiger partial charge in [0, 0.05) is 18.0 Å². The third-order valence-corrected chi connectivity index (χ3v) is 3.63. The quantitative estimate of drug-likeness (QED) is 0.657. The summed E-state index contributed by atoms with van der Waals surface area (Å²) in [6.45, 7) is 4.06. The highest BCUT2D eigenvalue weighted by Gasteiger charge is 2.22. The van der Waals surface area contributed by atoms with Gasteiger partial charge in [0.2, 0.25) is 0 Å². The van der Waals surface area contributed by atoms with Crippen LogP contribution < -0.4 is 15.4 Å². The fourth-order valence-corrected chi connectivity index (χ4v) is 2.43. The Hall–Kier alpha value is -1.73. The van der Waals surface area contributed by atoms with Crippen molar-refractivity contribution >= 4 is 29.3 Å². The van der Waals surface area contributed by atoms with Crippen LogP contribution in [0.15, 0.2) is 24.3 Å². The van der Waals surface area contributed by atoms with Crippen LogP contribution >= 0.6 is 11.8 Å². The largest absolute Gasteiger partial charge is 0.494 e. The van der Waals surface area contributed by atoms with Gasteiger partial charge in [-0.15, -0.1) is 0 Å². The molecule has 3 N–H and O–H groups in total. The first-order valence-electron chi connectivity index (χ1n) is 6.91. The molecule has 1 aromatic rings. The van der Waals surface area contributed by atoms with E-state index in [0.717, 1.165) is 0 Å². The van der Waals surface area contributed by atoms with Gasteiger partial charge in [-0.1, -0.05) is 0 Å². The maximum Gasteiger partial charge on any atom is 0.313 e. The normalized spacial score (nSPS) is 13.1. The second kappa shape index (κ2) is 8.65. The summed E-state index contributed by atoms with van der Waals surface area (Å²) in [5.41, 5.74) is -0.548. The Labute approximate surface area is 134 Å². The molecule has 0 radical (unpaired) electrons. The third kappa shape index (κ3) is 6.36. The van der Waals surface area contributed by atoms with Crippen LogP contribution in [0.1, 0.15) is 13.8 Å². The minimum atomic E-state index is -1.05. The number of thioether (sulfide) groups is 1. The molecule has 122 valence electrons. The van der Waals surface area contributed by atoms with Crippen LogP contribution in [0.4, 0.5) is 5.69 Å². The molecule has 0 aliphatic heterocycles. The Kier molecular flexibility index (Phi) is 7.20. The van der Waals surface area contributed by atoms with Gasteiger partial charge in [0.15, 0.2) is 0 Å². The van der Waals surface area contributed by atoms with E-state index in [4.69, 9.17) is 4.74 Å². The first-order valence-corrected chi connectivity index (χ1v) is 8.30. The highest BCUT2D eigenvalue weighted by molar-refractivity contribution is 7.98. The standard InChI is InChI=1S/C15H22N2O4S/c1-4-21-12-7-5-11(6-8-12)17-14(19)13(18)16-9-15(2,20)10-22-3/h5-8,20H,4,9-10H2,1-3H3,(H,16,18)(H,17,19). The summed E-state index contributed by atoms with van der Waals surface area (Å²) < 4.78 is 5.29. The van der Waals surface area contributed by atoms with E-state index in [2.05, 4.69) is 10.6 Å². The van der Waals surface area contributed by atoms with E-state index in [1.165, 1.54) is 11.8 Å². The van der Waals surface area contributed by atoms with Gasteiger partial charge >= 0.3 is 11.8 Å². The zero-order valence-corrected chi connectivity index (χ0v) is 13.8. The van der Waals surface area contributed by atoms with Crippen molar-refractivity contribution in [1.82, 2.24) is 5.32 Å². The highest BCUT2D eigenvalue weighted by atomic mass is 32.2. The summed E-state index contributed by atoms with van der Waals surface area (Å²) in [6, 6.07) is 6.72. The highest BCUT2D eigenvalue weighted by Crippen LogP contribution is 2.15. The average Bonchev–Trinajstić information content (AvgIpc) is 2.47. The van der Waals surface area contributed by atoms with Gasteiger partial charge in [-0.25, -0.2) is 0 Å². The number of anilines is 1. The van der Waals surface area contributed by atoms with E-state index in [9.17, 15) is 14.7 Å². The number of hydrogen-bond donors (Lipinski definition) is 3. The molecular weight excluding hydrogens is 304 g/mol. The van der Waals surface area contributed by atoms with Crippen LogP contribution in [0.3, 0.4) is 0 Å². The average molecular weight is 326 g/mol. The van der Waals surface area contributed by atoms with E-state index >= 15 is 0 Å². The van der Waals surface area contributed by atoms with Crippen LogP contribution in [0, 0.1) is 0 Å². The Morgan fingerprint density at radius 2 is 1.91 bits per heavy atom. The van der Waals surface area contributed by atoms with Crippen molar-refractivity contribution < 1.29 is 19.4 Å². The topological polar surface area (TPSA) is 87.7 Å². The van der Waals surface area contributed by atoms with Crippen molar-refractivity contribution in [2.24, 2.45) is 0 Å². The summed E-state index contributed by atoms with van der Waals surface area (Å²) in [7, 11) is 0. The van der Waals surface area contributed by atoms with Crippen LogP contribution in [0.25, 0.3) is 0 Å². The molecule has 2 amide bonds.